The van der Waals surface area contributed by atoms with Crippen molar-refractivity contribution < 1.29 is 9.47 Å². The summed E-state index contributed by atoms with van der Waals surface area (Å²) in [6.45, 7) is 0. The Bertz CT molecular complexity index is 622. The highest BCUT2D eigenvalue weighted by Crippen LogP contribution is 2.31. The van der Waals surface area contributed by atoms with Gasteiger partial charge in [0.2, 0.25) is 5.88 Å². The fourth-order valence-electron chi connectivity index (χ4n) is 1.49. The van der Waals surface area contributed by atoms with Gasteiger partial charge in [-0.2, -0.15) is 10.2 Å². The van der Waals surface area contributed by atoms with E-state index in [9.17, 15) is 0 Å². The molecular weight excluding hydrogens is 244 g/mol. The molecule has 6 heteroatoms. The average Bonchev–Trinajstić information content (AvgIpc) is 2.48. The Morgan fingerprint density at radius 3 is 2.79 bits per heavy atom. The number of benzene rings is 1. The van der Waals surface area contributed by atoms with Gasteiger partial charge < -0.3 is 14.9 Å². The number of nitrogens with zero attached hydrogens (tertiary/aromatic N) is 2. The summed E-state index contributed by atoms with van der Waals surface area (Å²) in [5.41, 5.74) is 2.93. The van der Waals surface area contributed by atoms with E-state index < -0.39 is 0 Å². The molecule has 0 saturated carbocycles. The van der Waals surface area contributed by atoms with E-state index in [-0.39, 0.29) is 0 Å². The second-order valence-electron chi connectivity index (χ2n) is 3.58. The topological polar surface area (TPSA) is 93.2 Å². The number of aromatic nitrogens is 1. The number of nitrogens with two attached hydrogens (primary N) is 1. The van der Waals surface area contributed by atoms with Crippen LogP contribution >= 0.6 is 0 Å². The first-order valence-corrected chi connectivity index (χ1v) is 5.46. The number of hydrazine groups is 1. The third-order valence-corrected chi connectivity index (χ3v) is 2.38. The molecule has 6 nitrogen and oxygen atoms in total. The number of rotatable bonds is 4. The molecule has 0 spiro atoms. The van der Waals surface area contributed by atoms with Crippen LogP contribution in [0, 0.1) is 11.3 Å². The average molecular weight is 256 g/mol. The molecule has 0 bridgehead atoms. The Hall–Kier alpha value is -2.78. The summed E-state index contributed by atoms with van der Waals surface area (Å²) in [7, 11) is 1.51. The van der Waals surface area contributed by atoms with Gasteiger partial charge in [0.1, 0.15) is 5.82 Å². The summed E-state index contributed by atoms with van der Waals surface area (Å²) in [4.78, 5) is 4.13. The Kier molecular flexibility index (Phi) is 3.81. The highest BCUT2D eigenvalue weighted by molar-refractivity contribution is 5.48. The SMILES string of the molecule is COc1cc(C#N)ccc1Oc1cccc(NN)n1. The van der Waals surface area contributed by atoms with Gasteiger partial charge in [0.05, 0.1) is 18.7 Å². The van der Waals surface area contributed by atoms with Crippen molar-refractivity contribution in [2.75, 3.05) is 12.5 Å². The number of ether oxygens (including phenoxy) is 2. The molecule has 0 saturated heterocycles. The third kappa shape index (κ3) is 2.91. The molecule has 0 aliphatic heterocycles. The van der Waals surface area contributed by atoms with Gasteiger partial charge in [0.25, 0.3) is 0 Å². The van der Waals surface area contributed by atoms with Crippen LogP contribution in [0.4, 0.5) is 5.82 Å². The van der Waals surface area contributed by atoms with Crippen LogP contribution in [0.3, 0.4) is 0 Å². The number of nitrogen functional groups attached to an aromatic ring is 1. The number of anilines is 1. The Labute approximate surface area is 110 Å². The van der Waals surface area contributed by atoms with Crippen molar-refractivity contribution >= 4 is 5.82 Å². The van der Waals surface area contributed by atoms with Gasteiger partial charge in [-0.25, -0.2) is 5.84 Å². The van der Waals surface area contributed by atoms with E-state index in [1.807, 2.05) is 6.07 Å². The number of hydrogen-bond donors (Lipinski definition) is 2. The molecule has 0 aliphatic rings. The van der Waals surface area contributed by atoms with Crippen molar-refractivity contribution in [3.63, 3.8) is 0 Å². The van der Waals surface area contributed by atoms with Crippen molar-refractivity contribution in [2.45, 2.75) is 0 Å². The lowest BCUT2D eigenvalue weighted by atomic mass is 10.2. The molecule has 96 valence electrons. The van der Waals surface area contributed by atoms with Crippen LogP contribution in [0.25, 0.3) is 0 Å². The van der Waals surface area contributed by atoms with E-state index in [4.69, 9.17) is 20.6 Å². The fraction of sp³-hybridized carbons (Fsp3) is 0.0769. The Morgan fingerprint density at radius 1 is 1.26 bits per heavy atom. The van der Waals surface area contributed by atoms with E-state index >= 15 is 0 Å². The van der Waals surface area contributed by atoms with Crippen molar-refractivity contribution in [1.29, 1.82) is 5.26 Å². The third-order valence-electron chi connectivity index (χ3n) is 2.38. The standard InChI is InChI=1S/C13H12N4O2/c1-18-11-7-9(8-14)5-6-10(11)19-13-4-2-3-12(16-13)17-15/h2-7H,15H2,1H3,(H,16,17). The number of hydrogen-bond acceptors (Lipinski definition) is 6. The fourth-order valence-corrected chi connectivity index (χ4v) is 1.49. The zero-order chi connectivity index (χ0) is 13.7. The lowest BCUT2D eigenvalue weighted by molar-refractivity contribution is 0.374. The first-order valence-electron chi connectivity index (χ1n) is 5.46. The van der Waals surface area contributed by atoms with Gasteiger partial charge in [0.15, 0.2) is 11.5 Å². The van der Waals surface area contributed by atoms with Crippen LogP contribution in [0.5, 0.6) is 17.4 Å². The predicted octanol–water partition coefficient (Wildman–Crippen LogP) is 2.04. The molecule has 1 aromatic carbocycles. The maximum atomic E-state index is 8.83. The van der Waals surface area contributed by atoms with Crippen LogP contribution < -0.4 is 20.7 Å². The zero-order valence-electron chi connectivity index (χ0n) is 10.3. The summed E-state index contributed by atoms with van der Waals surface area (Å²) in [6.07, 6.45) is 0. The maximum Gasteiger partial charge on any atom is 0.221 e. The lowest BCUT2D eigenvalue weighted by Gasteiger charge is -2.10. The van der Waals surface area contributed by atoms with Gasteiger partial charge in [-0.3, -0.25) is 0 Å². The van der Waals surface area contributed by atoms with Crippen LogP contribution in [-0.2, 0) is 0 Å². The minimum absolute atomic E-state index is 0.374. The van der Waals surface area contributed by atoms with Crippen molar-refractivity contribution in [3.05, 3.63) is 42.0 Å². The molecule has 1 heterocycles. The molecule has 0 radical (unpaired) electrons. The predicted molar refractivity (Wildman–Crippen MR) is 69.8 cm³/mol. The summed E-state index contributed by atoms with van der Waals surface area (Å²) in [5.74, 6) is 7.08. The normalized spacial score (nSPS) is 9.53. The minimum Gasteiger partial charge on any atom is -0.493 e. The van der Waals surface area contributed by atoms with Crippen molar-refractivity contribution in [1.82, 2.24) is 4.98 Å². The Balaban J connectivity index is 2.30. The first kappa shape index (κ1) is 12.7. The maximum absolute atomic E-state index is 8.83. The zero-order valence-corrected chi connectivity index (χ0v) is 10.3. The second-order valence-corrected chi connectivity index (χ2v) is 3.58. The molecule has 2 aromatic rings. The molecule has 0 amide bonds. The van der Waals surface area contributed by atoms with Crippen LogP contribution in [0.15, 0.2) is 36.4 Å². The van der Waals surface area contributed by atoms with Crippen molar-refractivity contribution in [2.24, 2.45) is 5.84 Å². The quantitative estimate of drug-likeness (QED) is 0.642. The first-order chi connectivity index (χ1) is 9.26. The molecule has 3 N–H and O–H groups in total. The van der Waals surface area contributed by atoms with E-state index in [0.717, 1.165) is 0 Å². The smallest absolute Gasteiger partial charge is 0.221 e. The van der Waals surface area contributed by atoms with Gasteiger partial charge >= 0.3 is 0 Å². The lowest BCUT2D eigenvalue weighted by Crippen LogP contribution is -2.08. The highest BCUT2D eigenvalue weighted by atomic mass is 16.5. The van der Waals surface area contributed by atoms with Gasteiger partial charge in [-0.05, 0) is 18.2 Å². The summed E-state index contributed by atoms with van der Waals surface area (Å²) in [6, 6.07) is 12.1. The summed E-state index contributed by atoms with van der Waals surface area (Å²) < 4.78 is 10.8. The van der Waals surface area contributed by atoms with Crippen LogP contribution in [-0.4, -0.2) is 12.1 Å². The van der Waals surface area contributed by atoms with Crippen LogP contribution in [0.2, 0.25) is 0 Å². The molecule has 19 heavy (non-hydrogen) atoms. The van der Waals surface area contributed by atoms with Gasteiger partial charge in [0, 0.05) is 12.1 Å². The van der Waals surface area contributed by atoms with Crippen molar-refractivity contribution in [3.8, 4) is 23.4 Å². The molecule has 0 aliphatic carbocycles. The van der Waals surface area contributed by atoms with Gasteiger partial charge in [-0.15, -0.1) is 0 Å². The number of nitrogens with one attached hydrogen (secondary N) is 1. The van der Waals surface area contributed by atoms with E-state index in [1.54, 1.807) is 36.4 Å². The molecule has 0 atom stereocenters. The number of methoxy groups -OCH3 is 1. The molecule has 1 aromatic heterocycles. The molecule has 0 fully saturated rings. The van der Waals surface area contributed by atoms with E-state index in [1.165, 1.54) is 7.11 Å². The highest BCUT2D eigenvalue weighted by Gasteiger charge is 2.08. The molecular formula is C13H12N4O2. The molecule has 2 rings (SSSR count). The minimum atomic E-state index is 0.374. The monoisotopic (exact) mass is 256 g/mol. The summed E-state index contributed by atoms with van der Waals surface area (Å²) >= 11 is 0. The largest absolute Gasteiger partial charge is 0.493 e. The van der Waals surface area contributed by atoms with E-state index in [2.05, 4.69) is 10.4 Å². The second kappa shape index (κ2) is 5.71. The molecule has 0 unspecified atom stereocenters. The van der Waals surface area contributed by atoms with E-state index in [0.29, 0.717) is 28.8 Å². The summed E-state index contributed by atoms with van der Waals surface area (Å²) in [5, 5.41) is 8.83. The number of nitriles is 1. The number of pyridine rings is 1. The van der Waals surface area contributed by atoms with Gasteiger partial charge in [-0.1, -0.05) is 6.07 Å². The van der Waals surface area contributed by atoms with Crippen LogP contribution in [0.1, 0.15) is 5.56 Å². The Morgan fingerprint density at radius 2 is 2.11 bits per heavy atom.